The first-order valence-electron chi connectivity index (χ1n) is 12.7. The van der Waals surface area contributed by atoms with Gasteiger partial charge >= 0.3 is 0 Å². The molecule has 1 heterocycles. The smallest absolute Gasteiger partial charge is 0.122 e. The number of ether oxygens (including phenoxy) is 1. The summed E-state index contributed by atoms with van der Waals surface area (Å²) >= 11 is 0. The number of nitrogens with zero attached hydrogens (tertiary/aromatic N) is 1. The maximum atomic E-state index is 9.52. The van der Waals surface area contributed by atoms with E-state index in [0.717, 1.165) is 36.4 Å². The molecule has 3 N–H and O–H groups in total. The molecule has 5 rings (SSSR count). The Hall–Kier alpha value is -2.82. The topological polar surface area (TPSA) is 58.7 Å². The summed E-state index contributed by atoms with van der Waals surface area (Å²) in [7, 11) is 0. The second kappa shape index (κ2) is 9.81. The molecule has 1 aliphatic carbocycles. The molecule has 4 nitrogen and oxygen atoms in total. The van der Waals surface area contributed by atoms with E-state index >= 15 is 0 Å². The molecule has 1 saturated carbocycles. The number of hydrogen-bond acceptors (Lipinski definition) is 4. The third-order valence-corrected chi connectivity index (χ3v) is 7.65. The maximum absolute atomic E-state index is 9.52. The van der Waals surface area contributed by atoms with Crippen LogP contribution in [0.25, 0.3) is 11.1 Å². The Labute approximate surface area is 203 Å². The van der Waals surface area contributed by atoms with Gasteiger partial charge in [-0.25, -0.2) is 0 Å². The van der Waals surface area contributed by atoms with E-state index in [-0.39, 0.29) is 12.6 Å². The molecule has 0 amide bonds. The Morgan fingerprint density at radius 1 is 0.971 bits per heavy atom. The Morgan fingerprint density at radius 3 is 2.53 bits per heavy atom. The molecular weight excluding hydrogens is 420 g/mol. The van der Waals surface area contributed by atoms with Crippen LogP contribution in [0.5, 0.6) is 5.75 Å². The van der Waals surface area contributed by atoms with Crippen LogP contribution in [0.15, 0.2) is 66.7 Å². The second-order valence-corrected chi connectivity index (χ2v) is 10.1. The summed E-state index contributed by atoms with van der Waals surface area (Å²) in [5, 5.41) is 9.52. The van der Waals surface area contributed by atoms with Crippen molar-refractivity contribution in [3.8, 4) is 16.9 Å². The lowest BCUT2D eigenvalue weighted by Gasteiger charge is -2.50. The summed E-state index contributed by atoms with van der Waals surface area (Å²) in [5.74, 6) is 0.960. The van der Waals surface area contributed by atoms with Crippen LogP contribution in [0.3, 0.4) is 0 Å². The van der Waals surface area contributed by atoms with Crippen LogP contribution in [-0.2, 0) is 13.0 Å². The van der Waals surface area contributed by atoms with Gasteiger partial charge in [-0.3, -0.25) is 0 Å². The number of hydrogen-bond donors (Lipinski definition) is 2. The largest absolute Gasteiger partial charge is 0.489 e. The van der Waals surface area contributed by atoms with Crippen molar-refractivity contribution in [2.45, 2.75) is 51.7 Å². The van der Waals surface area contributed by atoms with Crippen LogP contribution >= 0.6 is 0 Å². The van der Waals surface area contributed by atoms with Crippen LogP contribution < -0.4 is 15.4 Å². The summed E-state index contributed by atoms with van der Waals surface area (Å²) < 4.78 is 6.29. The molecule has 1 spiro atoms. The van der Waals surface area contributed by atoms with Gasteiger partial charge in [0.1, 0.15) is 12.4 Å². The van der Waals surface area contributed by atoms with E-state index in [0.29, 0.717) is 12.0 Å². The van der Waals surface area contributed by atoms with Gasteiger partial charge in [-0.15, -0.1) is 0 Å². The third kappa shape index (κ3) is 4.70. The zero-order valence-corrected chi connectivity index (χ0v) is 20.2. The second-order valence-electron chi connectivity index (χ2n) is 10.1. The van der Waals surface area contributed by atoms with Crippen molar-refractivity contribution in [3.05, 3.63) is 83.4 Å². The van der Waals surface area contributed by atoms with Crippen LogP contribution in [0, 0.1) is 5.41 Å². The molecule has 2 aliphatic rings. The van der Waals surface area contributed by atoms with E-state index in [1.54, 1.807) is 0 Å². The van der Waals surface area contributed by atoms with Crippen molar-refractivity contribution >= 4 is 5.69 Å². The van der Waals surface area contributed by atoms with Gasteiger partial charge in [0.15, 0.2) is 0 Å². The molecule has 3 aromatic rings. The lowest BCUT2D eigenvalue weighted by Crippen LogP contribution is -2.55. The SMILES string of the molecule is CCc1ccccc1OCc1cc(-c2cccc([C@H](N)CO)c2)cc(N2CC3(CCCC3)C2)c1. The molecule has 3 aromatic carbocycles. The van der Waals surface area contributed by atoms with Crippen molar-refractivity contribution in [1.29, 1.82) is 0 Å². The van der Waals surface area contributed by atoms with Crippen molar-refractivity contribution in [1.82, 2.24) is 0 Å². The summed E-state index contributed by atoms with van der Waals surface area (Å²) in [4.78, 5) is 2.53. The van der Waals surface area contributed by atoms with Crippen LogP contribution in [0.4, 0.5) is 5.69 Å². The number of nitrogens with two attached hydrogens (primary N) is 1. The first-order valence-corrected chi connectivity index (χ1v) is 12.7. The summed E-state index contributed by atoms with van der Waals surface area (Å²) in [5.41, 5.74) is 13.6. The highest BCUT2D eigenvalue weighted by atomic mass is 16.5. The van der Waals surface area contributed by atoms with Gasteiger partial charge in [0.2, 0.25) is 0 Å². The fraction of sp³-hybridized carbons (Fsp3) is 0.400. The van der Waals surface area contributed by atoms with Gasteiger partial charge in [0, 0.05) is 24.2 Å². The molecule has 1 atom stereocenters. The summed E-state index contributed by atoms with van der Waals surface area (Å²) in [6, 6.07) is 23.0. The normalized spacial score (nSPS) is 17.6. The fourth-order valence-electron chi connectivity index (χ4n) is 5.65. The van der Waals surface area contributed by atoms with E-state index in [9.17, 15) is 5.11 Å². The van der Waals surface area contributed by atoms with Crippen LogP contribution in [0.2, 0.25) is 0 Å². The first kappa shape index (κ1) is 22.9. The van der Waals surface area contributed by atoms with Gasteiger partial charge in [-0.2, -0.15) is 0 Å². The van der Waals surface area contributed by atoms with Crippen molar-refractivity contribution in [2.75, 3.05) is 24.6 Å². The molecule has 4 heteroatoms. The first-order chi connectivity index (χ1) is 16.6. The van der Waals surface area contributed by atoms with E-state index in [1.807, 2.05) is 18.2 Å². The standard InChI is InChI=1S/C30H36N2O2/c1-2-23-8-3-4-11-29(23)34-19-22-14-26(24-9-7-10-25(16-24)28(31)18-33)17-27(15-22)32-20-30(21-32)12-5-6-13-30/h3-4,7-11,14-17,28,33H,2,5-6,12-13,18-21,31H2,1H3/t28-/m1/s1. The van der Waals surface area contributed by atoms with E-state index in [4.69, 9.17) is 10.5 Å². The molecule has 0 unspecified atom stereocenters. The minimum atomic E-state index is -0.367. The molecular formula is C30H36N2O2. The average Bonchev–Trinajstić information content (AvgIpc) is 3.37. The highest BCUT2D eigenvalue weighted by Crippen LogP contribution is 2.47. The highest BCUT2D eigenvalue weighted by Gasteiger charge is 2.44. The predicted molar refractivity (Wildman–Crippen MR) is 139 cm³/mol. The zero-order valence-electron chi connectivity index (χ0n) is 20.2. The monoisotopic (exact) mass is 456 g/mol. The Morgan fingerprint density at radius 2 is 1.76 bits per heavy atom. The van der Waals surface area contributed by atoms with E-state index < -0.39 is 0 Å². The number of aryl methyl sites for hydroxylation is 1. The molecule has 1 aliphatic heterocycles. The van der Waals surface area contributed by atoms with Gasteiger partial charge in [0.25, 0.3) is 0 Å². The molecule has 0 aromatic heterocycles. The third-order valence-electron chi connectivity index (χ3n) is 7.65. The summed E-state index contributed by atoms with van der Waals surface area (Å²) in [6.07, 6.45) is 6.45. The summed E-state index contributed by atoms with van der Waals surface area (Å²) in [6.45, 7) is 4.95. The molecule has 2 fully saturated rings. The van der Waals surface area contributed by atoms with Gasteiger partial charge in [-0.1, -0.05) is 56.2 Å². The number of aliphatic hydroxyl groups excluding tert-OH is 1. The molecule has 178 valence electrons. The Kier molecular flexibility index (Phi) is 6.62. The van der Waals surface area contributed by atoms with Gasteiger partial charge in [0.05, 0.1) is 12.6 Å². The predicted octanol–water partition coefficient (Wildman–Crippen LogP) is 5.87. The van der Waals surface area contributed by atoms with Crippen molar-refractivity contribution in [3.63, 3.8) is 0 Å². The van der Waals surface area contributed by atoms with E-state index in [1.165, 1.54) is 48.1 Å². The van der Waals surface area contributed by atoms with E-state index in [2.05, 4.69) is 60.4 Å². The fourth-order valence-corrected chi connectivity index (χ4v) is 5.65. The minimum Gasteiger partial charge on any atom is -0.489 e. The molecule has 0 radical (unpaired) electrons. The minimum absolute atomic E-state index is 0.0602. The molecule has 1 saturated heterocycles. The molecule has 0 bridgehead atoms. The van der Waals surface area contributed by atoms with Gasteiger partial charge in [-0.05, 0) is 77.4 Å². The number of para-hydroxylation sites is 1. The van der Waals surface area contributed by atoms with Crippen molar-refractivity contribution < 1.29 is 9.84 Å². The quantitative estimate of drug-likeness (QED) is 0.445. The highest BCUT2D eigenvalue weighted by molar-refractivity contribution is 5.71. The lowest BCUT2D eigenvalue weighted by atomic mass is 9.78. The Balaban J connectivity index is 1.44. The number of anilines is 1. The zero-order chi connectivity index (χ0) is 23.5. The number of aliphatic hydroxyl groups is 1. The van der Waals surface area contributed by atoms with Gasteiger partial charge < -0.3 is 20.5 Å². The lowest BCUT2D eigenvalue weighted by molar-refractivity contribution is 0.222. The average molecular weight is 457 g/mol. The molecule has 34 heavy (non-hydrogen) atoms. The van der Waals surface area contributed by atoms with Crippen molar-refractivity contribution in [2.24, 2.45) is 11.1 Å². The number of benzene rings is 3. The maximum Gasteiger partial charge on any atom is 0.122 e. The Bertz CT molecular complexity index is 1130. The van der Waals surface area contributed by atoms with Crippen LogP contribution in [-0.4, -0.2) is 24.8 Å². The number of rotatable bonds is 8. The van der Waals surface area contributed by atoms with Crippen LogP contribution in [0.1, 0.15) is 55.3 Å².